The zero-order valence-electron chi connectivity index (χ0n) is 11.9. The van der Waals surface area contributed by atoms with E-state index in [0.29, 0.717) is 5.57 Å². The summed E-state index contributed by atoms with van der Waals surface area (Å²) in [4.78, 5) is 8.52. The number of nitriles is 1. The van der Waals surface area contributed by atoms with Gasteiger partial charge in [0, 0.05) is 28.7 Å². The summed E-state index contributed by atoms with van der Waals surface area (Å²) in [6, 6.07) is 4.14. The van der Waals surface area contributed by atoms with Crippen LogP contribution in [0.5, 0.6) is 0 Å². The Morgan fingerprint density at radius 1 is 1.26 bits per heavy atom. The molecule has 0 amide bonds. The highest BCUT2D eigenvalue weighted by Crippen LogP contribution is 2.45. The molecule has 6 heteroatoms. The van der Waals surface area contributed by atoms with Crippen molar-refractivity contribution in [3.8, 4) is 6.07 Å². The zero-order chi connectivity index (χ0) is 16.0. The van der Waals surface area contributed by atoms with Gasteiger partial charge in [-0.3, -0.25) is 9.98 Å². The quantitative estimate of drug-likeness (QED) is 0.827. The number of nitrogens with two attached hydrogens (primary N) is 1. The number of hydrogen-bond donors (Lipinski definition) is 1. The monoisotopic (exact) mass is 366 g/mol. The summed E-state index contributed by atoms with van der Waals surface area (Å²) in [6.45, 7) is 0. The van der Waals surface area contributed by atoms with Crippen LogP contribution in [0.1, 0.15) is 11.5 Å². The minimum atomic E-state index is -0.321. The maximum atomic E-state index is 9.56. The molecular formula is C17H11BrN4O. The first-order valence-corrected chi connectivity index (χ1v) is 7.81. The van der Waals surface area contributed by atoms with E-state index in [2.05, 4.69) is 32.0 Å². The first-order valence-electron chi connectivity index (χ1n) is 7.02. The van der Waals surface area contributed by atoms with Crippen LogP contribution < -0.4 is 5.73 Å². The molecule has 23 heavy (non-hydrogen) atoms. The van der Waals surface area contributed by atoms with E-state index in [1.165, 1.54) is 0 Å². The van der Waals surface area contributed by atoms with E-state index in [-0.39, 0.29) is 17.9 Å². The summed E-state index contributed by atoms with van der Waals surface area (Å²) in [5.74, 6) is -0.114. The van der Waals surface area contributed by atoms with Crippen molar-refractivity contribution < 1.29 is 4.74 Å². The highest BCUT2D eigenvalue weighted by atomic mass is 79.9. The third kappa shape index (κ3) is 2.13. The molecule has 3 aliphatic rings. The van der Waals surface area contributed by atoms with E-state index in [9.17, 15) is 5.26 Å². The van der Waals surface area contributed by atoms with Crippen LogP contribution in [0.4, 0.5) is 0 Å². The van der Waals surface area contributed by atoms with Crippen LogP contribution in [-0.4, -0.2) is 17.3 Å². The van der Waals surface area contributed by atoms with E-state index in [4.69, 9.17) is 10.5 Å². The van der Waals surface area contributed by atoms with E-state index in [0.717, 1.165) is 26.9 Å². The maximum Gasteiger partial charge on any atom is 0.200 e. The number of aliphatic imine (C=N–C) groups is 1. The van der Waals surface area contributed by atoms with Crippen molar-refractivity contribution in [2.75, 3.05) is 0 Å². The Labute approximate surface area is 141 Å². The molecule has 3 heterocycles. The Kier molecular flexibility index (Phi) is 3.17. The zero-order valence-corrected chi connectivity index (χ0v) is 13.5. The van der Waals surface area contributed by atoms with Crippen molar-refractivity contribution in [1.29, 1.82) is 5.26 Å². The number of allylic oxidation sites excluding steroid dienone is 4. The first kappa shape index (κ1) is 14.0. The Hall–Kier alpha value is -2.65. The van der Waals surface area contributed by atoms with Gasteiger partial charge in [0.2, 0.25) is 0 Å². The molecule has 5 nitrogen and oxygen atoms in total. The molecule has 0 aromatic carbocycles. The molecule has 1 aromatic heterocycles. The first-order chi connectivity index (χ1) is 11.2. The topological polar surface area (TPSA) is 84.3 Å². The number of ether oxygens (including phenoxy) is 1. The van der Waals surface area contributed by atoms with E-state index in [1.807, 2.05) is 24.3 Å². The van der Waals surface area contributed by atoms with Gasteiger partial charge < -0.3 is 10.5 Å². The third-order valence-corrected chi connectivity index (χ3v) is 4.53. The van der Waals surface area contributed by atoms with Gasteiger partial charge in [0.15, 0.2) is 5.88 Å². The predicted octanol–water partition coefficient (Wildman–Crippen LogP) is 2.86. The summed E-state index contributed by atoms with van der Waals surface area (Å²) in [5.41, 5.74) is 10.1. The molecule has 2 unspecified atom stereocenters. The summed E-state index contributed by atoms with van der Waals surface area (Å²) in [5, 5.41) is 9.56. The van der Waals surface area contributed by atoms with E-state index >= 15 is 0 Å². The number of fused-ring (bicyclic) bond motifs is 3. The van der Waals surface area contributed by atoms with Crippen molar-refractivity contribution >= 4 is 22.1 Å². The Bertz CT molecular complexity index is 901. The third-order valence-electron chi connectivity index (χ3n) is 4.09. The average Bonchev–Trinajstić information content (AvgIpc) is 3.02. The van der Waals surface area contributed by atoms with Crippen molar-refractivity contribution in [3.63, 3.8) is 0 Å². The van der Waals surface area contributed by atoms with Crippen LogP contribution in [0, 0.1) is 11.3 Å². The lowest BCUT2D eigenvalue weighted by Crippen LogP contribution is -2.33. The normalized spacial score (nSPS) is 24.8. The maximum absolute atomic E-state index is 9.56. The van der Waals surface area contributed by atoms with Gasteiger partial charge in [-0.05, 0) is 45.3 Å². The molecule has 4 rings (SSSR count). The van der Waals surface area contributed by atoms with Gasteiger partial charge in [0.1, 0.15) is 17.7 Å². The Morgan fingerprint density at radius 3 is 2.91 bits per heavy atom. The van der Waals surface area contributed by atoms with Gasteiger partial charge in [-0.2, -0.15) is 5.26 Å². The standard InChI is InChI=1S/C17H11BrN4O/c18-10-5-9(7-21-8-10)15-12-1-2-14-11(3-4-22-14)16(12)23-17(20)13(15)6-19/h1-5,7-8,15-16H,20H2. The number of aromatic nitrogens is 1. The van der Waals surface area contributed by atoms with Gasteiger partial charge in [-0.25, -0.2) is 0 Å². The van der Waals surface area contributed by atoms with Crippen molar-refractivity contribution in [2.24, 2.45) is 10.7 Å². The second-order valence-electron chi connectivity index (χ2n) is 5.38. The fourth-order valence-electron chi connectivity index (χ4n) is 3.10. The lowest BCUT2D eigenvalue weighted by Gasteiger charge is -2.35. The predicted molar refractivity (Wildman–Crippen MR) is 89.1 cm³/mol. The molecule has 0 radical (unpaired) electrons. The highest BCUT2D eigenvalue weighted by Gasteiger charge is 2.40. The summed E-state index contributed by atoms with van der Waals surface area (Å²) < 4.78 is 6.69. The fraction of sp³-hybridized carbons (Fsp3) is 0.118. The molecule has 1 aliphatic carbocycles. The Morgan fingerprint density at radius 2 is 2.13 bits per heavy atom. The Balaban J connectivity index is 1.91. The SMILES string of the molecule is N#CC1=C(N)OC2C3=CC=NC3=CC=C2C1c1cncc(Br)c1. The molecule has 2 N–H and O–H groups in total. The lowest BCUT2D eigenvalue weighted by molar-refractivity contribution is 0.151. The molecule has 0 saturated carbocycles. The molecule has 0 saturated heterocycles. The summed E-state index contributed by atoms with van der Waals surface area (Å²) in [7, 11) is 0. The van der Waals surface area contributed by atoms with Crippen molar-refractivity contribution in [3.05, 3.63) is 75.0 Å². The summed E-state index contributed by atoms with van der Waals surface area (Å²) >= 11 is 3.43. The van der Waals surface area contributed by atoms with E-state index in [1.54, 1.807) is 18.6 Å². The van der Waals surface area contributed by atoms with Crippen LogP contribution in [0.3, 0.4) is 0 Å². The number of nitrogens with zero attached hydrogens (tertiary/aromatic N) is 3. The number of hydrogen-bond acceptors (Lipinski definition) is 5. The van der Waals surface area contributed by atoms with Crippen molar-refractivity contribution in [1.82, 2.24) is 4.98 Å². The molecule has 112 valence electrons. The molecule has 1 aromatic rings. The minimum absolute atomic E-state index is 0.161. The van der Waals surface area contributed by atoms with Crippen LogP contribution in [-0.2, 0) is 4.74 Å². The molecule has 0 spiro atoms. The van der Waals surface area contributed by atoms with Gasteiger partial charge >= 0.3 is 0 Å². The second-order valence-corrected chi connectivity index (χ2v) is 6.29. The van der Waals surface area contributed by atoms with Gasteiger partial charge in [-0.1, -0.05) is 6.08 Å². The van der Waals surface area contributed by atoms with Gasteiger partial charge in [0.05, 0.1) is 11.6 Å². The lowest BCUT2D eigenvalue weighted by atomic mass is 9.77. The fourth-order valence-corrected chi connectivity index (χ4v) is 3.49. The molecule has 2 atom stereocenters. The molecule has 2 aliphatic heterocycles. The number of rotatable bonds is 1. The van der Waals surface area contributed by atoms with Crippen molar-refractivity contribution in [2.45, 2.75) is 12.0 Å². The van der Waals surface area contributed by atoms with Crippen LogP contribution in [0.2, 0.25) is 0 Å². The van der Waals surface area contributed by atoms with Gasteiger partial charge in [0.25, 0.3) is 0 Å². The average molecular weight is 367 g/mol. The van der Waals surface area contributed by atoms with E-state index < -0.39 is 0 Å². The largest absolute Gasteiger partial charge is 0.466 e. The molecule has 0 bridgehead atoms. The summed E-state index contributed by atoms with van der Waals surface area (Å²) in [6.07, 6.45) is 10.7. The molecular weight excluding hydrogens is 356 g/mol. The smallest absolute Gasteiger partial charge is 0.200 e. The molecule has 0 fully saturated rings. The highest BCUT2D eigenvalue weighted by molar-refractivity contribution is 9.10. The van der Waals surface area contributed by atoms with Crippen LogP contribution in [0.15, 0.2) is 74.5 Å². The number of halogens is 1. The van der Waals surface area contributed by atoms with Crippen LogP contribution in [0.25, 0.3) is 0 Å². The minimum Gasteiger partial charge on any atom is -0.466 e. The van der Waals surface area contributed by atoms with Crippen LogP contribution >= 0.6 is 15.9 Å². The number of pyridine rings is 1. The van der Waals surface area contributed by atoms with Gasteiger partial charge in [-0.15, -0.1) is 0 Å². The second kappa shape index (κ2) is 5.21.